The molecule has 2 aliphatic rings. The Morgan fingerprint density at radius 1 is 1.58 bits per heavy atom. The molecule has 1 aliphatic carbocycles. The number of carboxylic acid groups (broad SMARTS) is 1. The zero-order chi connectivity index (χ0) is 14.0. The molecule has 0 aromatic heterocycles. The van der Waals surface area contributed by atoms with Crippen molar-refractivity contribution in [2.75, 3.05) is 5.75 Å². The molecule has 1 heterocycles. The molecule has 3 atom stereocenters. The van der Waals surface area contributed by atoms with Crippen LogP contribution in [0.15, 0.2) is 0 Å². The number of thioether (sulfide) groups is 1. The number of urea groups is 1. The number of nitrogens with one attached hydrogen (secondary N) is 1. The first-order valence-electron chi connectivity index (χ1n) is 6.47. The van der Waals surface area contributed by atoms with Crippen LogP contribution in [0.5, 0.6) is 0 Å². The molecule has 19 heavy (non-hydrogen) atoms. The molecule has 0 aromatic rings. The Balaban J connectivity index is 2.09. The van der Waals surface area contributed by atoms with Crippen molar-refractivity contribution < 1.29 is 14.7 Å². The van der Waals surface area contributed by atoms with Crippen molar-refractivity contribution in [3.05, 3.63) is 0 Å². The second kappa shape index (κ2) is 5.74. The number of carbonyl (C=O) groups excluding carboxylic acids is 1. The first-order chi connectivity index (χ1) is 9.08. The summed E-state index contributed by atoms with van der Waals surface area (Å²) in [6.45, 7) is 1.89. The van der Waals surface area contributed by atoms with E-state index in [0.29, 0.717) is 18.1 Å². The van der Waals surface area contributed by atoms with Crippen molar-refractivity contribution in [2.24, 2.45) is 5.92 Å². The van der Waals surface area contributed by atoms with Gasteiger partial charge in [0.05, 0.1) is 11.4 Å². The van der Waals surface area contributed by atoms with Gasteiger partial charge in [-0.3, -0.25) is 4.90 Å². The maximum atomic E-state index is 12.3. The zero-order valence-corrected chi connectivity index (χ0v) is 11.7. The lowest BCUT2D eigenvalue weighted by atomic mass is 10.2. The number of hydrogen-bond acceptors (Lipinski definition) is 3. The van der Waals surface area contributed by atoms with Crippen LogP contribution in [0.25, 0.3) is 0 Å². The fraction of sp³-hybridized carbons (Fsp3) is 0.692. The third-order valence-corrected chi connectivity index (χ3v) is 4.95. The summed E-state index contributed by atoms with van der Waals surface area (Å²) in [4.78, 5) is 25.0. The van der Waals surface area contributed by atoms with Gasteiger partial charge in [-0.15, -0.1) is 18.2 Å². The first kappa shape index (κ1) is 14.1. The molecule has 2 amide bonds. The van der Waals surface area contributed by atoms with Gasteiger partial charge in [-0.05, 0) is 25.2 Å². The largest absolute Gasteiger partial charge is 0.480 e. The van der Waals surface area contributed by atoms with Crippen molar-refractivity contribution in [1.29, 1.82) is 0 Å². The van der Waals surface area contributed by atoms with Crippen molar-refractivity contribution in [3.8, 4) is 12.3 Å². The summed E-state index contributed by atoms with van der Waals surface area (Å²) in [5, 5.41) is 11.9. The van der Waals surface area contributed by atoms with Crippen molar-refractivity contribution in [1.82, 2.24) is 10.2 Å². The number of hydrogen-bond donors (Lipinski definition) is 2. The predicted octanol–water partition coefficient (Wildman–Crippen LogP) is 1.35. The number of aliphatic carboxylic acids is 1. The molecule has 104 valence electrons. The number of amides is 2. The van der Waals surface area contributed by atoms with E-state index in [4.69, 9.17) is 6.42 Å². The van der Waals surface area contributed by atoms with Gasteiger partial charge in [-0.2, -0.15) is 0 Å². The van der Waals surface area contributed by atoms with Crippen LogP contribution in [0.3, 0.4) is 0 Å². The standard InChI is InChI=1S/C13H18N2O3S/c1-3-9(4-2)14-13(18)15-10(12(16)17)7-19-11(15)8-5-6-8/h1,8-11H,4-7H2,2H3,(H,14,18)(H,16,17). The molecular formula is C13H18N2O3S. The van der Waals surface area contributed by atoms with E-state index < -0.39 is 12.0 Å². The lowest BCUT2D eigenvalue weighted by Gasteiger charge is -2.28. The molecule has 2 rings (SSSR count). The van der Waals surface area contributed by atoms with Crippen LogP contribution in [0.4, 0.5) is 4.79 Å². The molecule has 6 heteroatoms. The highest BCUT2D eigenvalue weighted by atomic mass is 32.2. The molecule has 0 spiro atoms. The molecule has 0 aromatic carbocycles. The summed E-state index contributed by atoms with van der Waals surface area (Å²) in [5.74, 6) is 2.44. The first-order valence-corrected chi connectivity index (χ1v) is 7.52. The quantitative estimate of drug-likeness (QED) is 0.764. The SMILES string of the molecule is C#CC(CC)NC(=O)N1C(C(=O)O)CSC1C1CC1. The Hall–Kier alpha value is -1.35. The molecule has 2 N–H and O–H groups in total. The third kappa shape index (κ3) is 2.98. The zero-order valence-electron chi connectivity index (χ0n) is 10.8. The van der Waals surface area contributed by atoms with E-state index in [1.165, 1.54) is 4.90 Å². The van der Waals surface area contributed by atoms with Gasteiger partial charge in [0, 0.05) is 5.75 Å². The van der Waals surface area contributed by atoms with Crippen LogP contribution < -0.4 is 5.32 Å². The van der Waals surface area contributed by atoms with Crippen molar-refractivity contribution in [2.45, 2.75) is 43.6 Å². The highest BCUT2D eigenvalue weighted by Crippen LogP contribution is 2.45. The van der Waals surface area contributed by atoms with Crippen LogP contribution in [0.1, 0.15) is 26.2 Å². The molecule has 1 saturated carbocycles. The summed E-state index contributed by atoms with van der Waals surface area (Å²) in [6, 6.07) is -1.43. The Bertz CT molecular complexity index is 417. The van der Waals surface area contributed by atoms with Crippen LogP contribution in [0.2, 0.25) is 0 Å². The van der Waals surface area contributed by atoms with E-state index in [1.54, 1.807) is 11.8 Å². The highest BCUT2D eigenvalue weighted by Gasteiger charge is 2.48. The van der Waals surface area contributed by atoms with E-state index in [-0.39, 0.29) is 17.4 Å². The van der Waals surface area contributed by atoms with E-state index in [0.717, 1.165) is 12.8 Å². The molecular weight excluding hydrogens is 264 g/mol. The smallest absolute Gasteiger partial charge is 0.327 e. The third-order valence-electron chi connectivity index (χ3n) is 3.49. The minimum atomic E-state index is -0.945. The minimum absolute atomic E-state index is 0.0172. The monoisotopic (exact) mass is 282 g/mol. The van der Waals surface area contributed by atoms with E-state index in [9.17, 15) is 14.7 Å². The fourth-order valence-corrected chi connectivity index (χ4v) is 3.84. The Morgan fingerprint density at radius 2 is 2.26 bits per heavy atom. The molecule has 0 radical (unpaired) electrons. The number of rotatable bonds is 4. The number of terminal acetylenes is 1. The van der Waals surface area contributed by atoms with Crippen LogP contribution in [-0.2, 0) is 4.79 Å². The summed E-state index contributed by atoms with van der Waals surface area (Å²) < 4.78 is 0. The molecule has 1 saturated heterocycles. The normalized spacial score (nSPS) is 27.7. The van der Waals surface area contributed by atoms with E-state index in [1.807, 2.05) is 6.92 Å². The van der Waals surface area contributed by atoms with Crippen LogP contribution in [0, 0.1) is 18.3 Å². The summed E-state index contributed by atoms with van der Waals surface area (Å²) in [6.07, 6.45) is 8.10. The minimum Gasteiger partial charge on any atom is -0.480 e. The van der Waals surface area contributed by atoms with Gasteiger partial charge >= 0.3 is 12.0 Å². The number of carboxylic acids is 1. The average molecular weight is 282 g/mol. The Labute approximate surface area is 117 Å². The van der Waals surface area contributed by atoms with Crippen LogP contribution in [-0.4, -0.2) is 45.2 Å². The second-order valence-corrected chi connectivity index (χ2v) is 6.05. The number of carbonyl (C=O) groups is 2. The average Bonchev–Trinajstić information content (AvgIpc) is 3.13. The van der Waals surface area contributed by atoms with E-state index >= 15 is 0 Å². The lowest BCUT2D eigenvalue weighted by molar-refractivity contribution is -0.141. The van der Waals surface area contributed by atoms with Gasteiger partial charge in [0.25, 0.3) is 0 Å². The molecule has 3 unspecified atom stereocenters. The number of nitrogens with zero attached hydrogens (tertiary/aromatic N) is 1. The summed E-state index contributed by atoms with van der Waals surface area (Å²) in [5.41, 5.74) is 0. The lowest BCUT2D eigenvalue weighted by Crippen LogP contribution is -2.52. The molecule has 1 aliphatic heterocycles. The Morgan fingerprint density at radius 3 is 2.74 bits per heavy atom. The van der Waals surface area contributed by atoms with Gasteiger partial charge < -0.3 is 10.4 Å². The van der Waals surface area contributed by atoms with Gasteiger partial charge in [0.15, 0.2) is 0 Å². The highest BCUT2D eigenvalue weighted by molar-refractivity contribution is 8.00. The fourth-order valence-electron chi connectivity index (χ4n) is 2.20. The molecule has 0 bridgehead atoms. The molecule has 2 fully saturated rings. The maximum absolute atomic E-state index is 12.3. The van der Waals surface area contributed by atoms with Gasteiger partial charge in [-0.25, -0.2) is 9.59 Å². The topological polar surface area (TPSA) is 69.6 Å². The summed E-state index contributed by atoms with van der Waals surface area (Å²) >= 11 is 1.56. The van der Waals surface area contributed by atoms with Crippen molar-refractivity contribution >= 4 is 23.8 Å². The Kier molecular flexibility index (Phi) is 4.25. The van der Waals surface area contributed by atoms with Gasteiger partial charge in [-0.1, -0.05) is 12.8 Å². The van der Waals surface area contributed by atoms with Gasteiger partial charge in [0.1, 0.15) is 6.04 Å². The summed E-state index contributed by atoms with van der Waals surface area (Å²) in [7, 11) is 0. The van der Waals surface area contributed by atoms with Gasteiger partial charge in [0.2, 0.25) is 0 Å². The maximum Gasteiger partial charge on any atom is 0.327 e. The van der Waals surface area contributed by atoms with Crippen LogP contribution >= 0.6 is 11.8 Å². The molecule has 5 nitrogen and oxygen atoms in total. The van der Waals surface area contributed by atoms with E-state index in [2.05, 4.69) is 11.2 Å². The van der Waals surface area contributed by atoms with Crippen molar-refractivity contribution in [3.63, 3.8) is 0 Å². The predicted molar refractivity (Wildman–Crippen MR) is 73.7 cm³/mol. The second-order valence-electron chi connectivity index (χ2n) is 4.90.